The molecule has 0 aliphatic rings. The van der Waals surface area contributed by atoms with Gasteiger partial charge in [0.1, 0.15) is 5.75 Å². The molecule has 10 heteroatoms. The second-order valence-corrected chi connectivity index (χ2v) is 5.84. The summed E-state index contributed by atoms with van der Waals surface area (Å²) in [5, 5.41) is 16.7. The fraction of sp³-hybridized carbons (Fsp3) is 0.357. The molecule has 1 aromatic carbocycles. The van der Waals surface area contributed by atoms with E-state index in [1.165, 1.54) is 23.6 Å². The van der Waals surface area contributed by atoms with Crippen LogP contribution in [0.2, 0.25) is 0 Å². The first kappa shape index (κ1) is 17.7. The summed E-state index contributed by atoms with van der Waals surface area (Å²) in [4.78, 5) is 23.7. The number of tetrazole rings is 1. The Hall–Kier alpha value is -2.62. The van der Waals surface area contributed by atoms with E-state index in [9.17, 15) is 9.59 Å². The highest BCUT2D eigenvalue weighted by Crippen LogP contribution is 2.24. The predicted molar refractivity (Wildman–Crippen MR) is 88.9 cm³/mol. The van der Waals surface area contributed by atoms with Crippen LogP contribution in [-0.4, -0.2) is 51.4 Å². The van der Waals surface area contributed by atoms with Crippen LogP contribution >= 0.6 is 11.8 Å². The molecule has 0 saturated carbocycles. The zero-order chi connectivity index (χ0) is 17.5. The smallest absolute Gasteiger partial charge is 0.243 e. The zero-order valence-electron chi connectivity index (χ0n) is 13.6. The van der Waals surface area contributed by atoms with Gasteiger partial charge in [-0.25, -0.2) is 4.68 Å². The molecule has 24 heavy (non-hydrogen) atoms. The summed E-state index contributed by atoms with van der Waals surface area (Å²) >= 11 is 1.19. The fourth-order valence-corrected chi connectivity index (χ4v) is 2.50. The Balaban J connectivity index is 1.79. The number of carbonyl (C=O) groups excluding carboxylic acids is 2. The van der Waals surface area contributed by atoms with E-state index in [0.29, 0.717) is 16.6 Å². The molecule has 1 aromatic heterocycles. The molecule has 0 unspecified atom stereocenters. The Kier molecular flexibility index (Phi) is 6.13. The molecule has 0 spiro atoms. The molecule has 0 aliphatic carbocycles. The Morgan fingerprint density at radius 1 is 1.33 bits per heavy atom. The number of methoxy groups -OCH3 is 1. The van der Waals surface area contributed by atoms with E-state index >= 15 is 0 Å². The minimum Gasteiger partial charge on any atom is -0.495 e. The number of aryl methyl sites for hydroxylation is 2. The molecule has 1 heterocycles. The van der Waals surface area contributed by atoms with Crippen LogP contribution < -0.4 is 15.4 Å². The van der Waals surface area contributed by atoms with Crippen LogP contribution in [-0.2, 0) is 16.6 Å². The molecule has 2 amide bonds. The molecular formula is C14H18N6O3S. The van der Waals surface area contributed by atoms with Crippen molar-refractivity contribution in [3.8, 4) is 5.75 Å². The summed E-state index contributed by atoms with van der Waals surface area (Å²) in [6.07, 6.45) is 0. The van der Waals surface area contributed by atoms with Crippen molar-refractivity contribution >= 4 is 29.3 Å². The number of hydrogen-bond donors (Lipinski definition) is 2. The Morgan fingerprint density at radius 3 is 2.79 bits per heavy atom. The van der Waals surface area contributed by atoms with Crippen LogP contribution in [0.15, 0.2) is 23.4 Å². The summed E-state index contributed by atoms with van der Waals surface area (Å²) < 4.78 is 6.66. The van der Waals surface area contributed by atoms with Gasteiger partial charge in [0.05, 0.1) is 25.1 Å². The average Bonchev–Trinajstić information content (AvgIpc) is 2.96. The van der Waals surface area contributed by atoms with Crippen molar-refractivity contribution in [1.29, 1.82) is 0 Å². The van der Waals surface area contributed by atoms with Crippen LogP contribution in [0.25, 0.3) is 0 Å². The number of rotatable bonds is 7. The summed E-state index contributed by atoms with van der Waals surface area (Å²) in [6, 6.07) is 5.46. The molecule has 0 fully saturated rings. The molecule has 0 saturated heterocycles. The number of nitrogens with one attached hydrogen (secondary N) is 2. The van der Waals surface area contributed by atoms with E-state index in [0.717, 1.165) is 5.56 Å². The molecule has 0 atom stereocenters. The lowest BCUT2D eigenvalue weighted by Gasteiger charge is -2.11. The quantitative estimate of drug-likeness (QED) is 0.694. The number of carbonyl (C=O) groups is 2. The third kappa shape index (κ3) is 4.95. The predicted octanol–water partition coefficient (Wildman–Crippen LogP) is 0.374. The maximum absolute atomic E-state index is 12.0. The van der Waals surface area contributed by atoms with Crippen molar-refractivity contribution in [3.05, 3.63) is 23.8 Å². The van der Waals surface area contributed by atoms with Gasteiger partial charge in [-0.1, -0.05) is 17.8 Å². The fourth-order valence-electron chi connectivity index (χ4n) is 1.82. The number of aromatic nitrogens is 4. The first-order valence-electron chi connectivity index (χ1n) is 7.06. The van der Waals surface area contributed by atoms with Crippen molar-refractivity contribution in [2.24, 2.45) is 7.05 Å². The number of amides is 2. The van der Waals surface area contributed by atoms with Crippen molar-refractivity contribution in [2.75, 3.05) is 24.7 Å². The largest absolute Gasteiger partial charge is 0.495 e. The lowest BCUT2D eigenvalue weighted by atomic mass is 10.2. The molecule has 2 rings (SSSR count). The van der Waals surface area contributed by atoms with Gasteiger partial charge in [0.15, 0.2) is 0 Å². The normalized spacial score (nSPS) is 10.3. The second-order valence-electron chi connectivity index (χ2n) is 4.90. The van der Waals surface area contributed by atoms with Crippen molar-refractivity contribution in [2.45, 2.75) is 12.1 Å². The van der Waals surface area contributed by atoms with E-state index in [4.69, 9.17) is 4.74 Å². The molecule has 128 valence electrons. The summed E-state index contributed by atoms with van der Waals surface area (Å²) in [7, 11) is 3.21. The van der Waals surface area contributed by atoms with Gasteiger partial charge in [0.2, 0.25) is 17.0 Å². The van der Waals surface area contributed by atoms with Gasteiger partial charge in [-0.3, -0.25) is 9.59 Å². The average molecular weight is 350 g/mol. The van der Waals surface area contributed by atoms with Gasteiger partial charge in [0.25, 0.3) is 0 Å². The van der Waals surface area contributed by atoms with E-state index in [2.05, 4.69) is 26.2 Å². The van der Waals surface area contributed by atoms with E-state index in [-0.39, 0.29) is 24.1 Å². The number of ether oxygens (including phenoxy) is 1. The van der Waals surface area contributed by atoms with E-state index in [1.54, 1.807) is 19.2 Å². The number of hydrogen-bond acceptors (Lipinski definition) is 7. The van der Waals surface area contributed by atoms with Crippen molar-refractivity contribution in [3.63, 3.8) is 0 Å². The SMILES string of the molecule is COc1ccc(C)cc1NC(=O)CNC(=O)CSc1nnnn1C. The lowest BCUT2D eigenvalue weighted by Crippen LogP contribution is -2.34. The first-order chi connectivity index (χ1) is 11.5. The molecule has 0 radical (unpaired) electrons. The van der Waals surface area contributed by atoms with Crippen molar-refractivity contribution in [1.82, 2.24) is 25.5 Å². The first-order valence-corrected chi connectivity index (χ1v) is 8.04. The van der Waals surface area contributed by atoms with E-state index in [1.807, 2.05) is 13.0 Å². The van der Waals surface area contributed by atoms with Gasteiger partial charge in [0, 0.05) is 7.05 Å². The van der Waals surface area contributed by atoms with Crippen LogP contribution in [0.3, 0.4) is 0 Å². The van der Waals surface area contributed by atoms with E-state index < -0.39 is 0 Å². The van der Waals surface area contributed by atoms with Crippen LogP contribution in [0.1, 0.15) is 5.56 Å². The highest BCUT2D eigenvalue weighted by atomic mass is 32.2. The maximum atomic E-state index is 12.0. The summed E-state index contributed by atoms with van der Waals surface area (Å²) in [5.74, 6) is 0.0625. The Labute approximate surface area is 143 Å². The van der Waals surface area contributed by atoms with Crippen LogP contribution in [0.5, 0.6) is 5.75 Å². The lowest BCUT2D eigenvalue weighted by molar-refractivity contribution is -0.122. The van der Waals surface area contributed by atoms with Crippen LogP contribution in [0, 0.1) is 6.92 Å². The monoisotopic (exact) mass is 350 g/mol. The highest BCUT2D eigenvalue weighted by Gasteiger charge is 2.11. The Morgan fingerprint density at radius 2 is 2.12 bits per heavy atom. The molecule has 2 N–H and O–H groups in total. The number of nitrogens with zero attached hydrogens (tertiary/aromatic N) is 4. The van der Waals surface area contributed by atoms with Gasteiger partial charge in [-0.05, 0) is 35.0 Å². The zero-order valence-corrected chi connectivity index (χ0v) is 14.4. The number of benzene rings is 1. The molecular weight excluding hydrogens is 332 g/mol. The molecule has 2 aromatic rings. The minimum atomic E-state index is -0.336. The second kappa shape index (κ2) is 8.29. The summed E-state index contributed by atoms with van der Waals surface area (Å²) in [6.45, 7) is 1.78. The van der Waals surface area contributed by atoms with Crippen molar-refractivity contribution < 1.29 is 14.3 Å². The third-order valence-electron chi connectivity index (χ3n) is 2.99. The molecule has 0 aliphatic heterocycles. The molecule has 0 bridgehead atoms. The van der Waals surface area contributed by atoms with Gasteiger partial charge in [-0.15, -0.1) is 5.10 Å². The summed E-state index contributed by atoms with van der Waals surface area (Å²) in [5.41, 5.74) is 1.56. The molecule has 9 nitrogen and oxygen atoms in total. The third-order valence-corrected chi connectivity index (χ3v) is 4.00. The Bertz CT molecular complexity index is 733. The topological polar surface area (TPSA) is 111 Å². The van der Waals surface area contributed by atoms with Gasteiger partial charge >= 0.3 is 0 Å². The number of thioether (sulfide) groups is 1. The number of anilines is 1. The van der Waals surface area contributed by atoms with Gasteiger partial charge in [-0.2, -0.15) is 0 Å². The van der Waals surface area contributed by atoms with Crippen LogP contribution in [0.4, 0.5) is 5.69 Å². The maximum Gasteiger partial charge on any atom is 0.243 e. The standard InChI is InChI=1S/C14H18N6O3S/c1-9-4-5-11(23-3)10(6-9)16-12(21)7-15-13(22)8-24-14-17-18-19-20(14)2/h4-6H,7-8H2,1-3H3,(H,15,22)(H,16,21). The minimum absolute atomic E-state index is 0.120. The van der Waals surface area contributed by atoms with Gasteiger partial charge < -0.3 is 15.4 Å². The highest BCUT2D eigenvalue weighted by molar-refractivity contribution is 7.99.